The van der Waals surface area contributed by atoms with E-state index in [0.29, 0.717) is 6.04 Å². The lowest BCUT2D eigenvalue weighted by atomic mass is 10.1. The van der Waals surface area contributed by atoms with Crippen LogP contribution in [0.1, 0.15) is 19.9 Å². The van der Waals surface area contributed by atoms with Crippen molar-refractivity contribution < 1.29 is 4.42 Å². The first kappa shape index (κ1) is 12.8. The van der Waals surface area contributed by atoms with Crippen molar-refractivity contribution in [3.8, 4) is 0 Å². The molecule has 0 aliphatic rings. The molecule has 0 bridgehead atoms. The van der Waals surface area contributed by atoms with Gasteiger partial charge in [-0.2, -0.15) is 0 Å². The van der Waals surface area contributed by atoms with Gasteiger partial charge in [-0.15, -0.1) is 0 Å². The molecular formula is C21H17NO. The van der Waals surface area contributed by atoms with E-state index >= 15 is 0 Å². The molecule has 5 rings (SSSR count). The molecule has 0 unspecified atom stereocenters. The normalized spacial score (nSPS) is 12.3. The molecule has 0 radical (unpaired) electrons. The summed E-state index contributed by atoms with van der Waals surface area (Å²) in [5, 5.41) is 4.93. The van der Waals surface area contributed by atoms with Gasteiger partial charge in [0.15, 0.2) is 0 Å². The van der Waals surface area contributed by atoms with Crippen LogP contribution in [0.4, 0.5) is 0 Å². The van der Waals surface area contributed by atoms with Crippen LogP contribution in [0.3, 0.4) is 0 Å². The van der Waals surface area contributed by atoms with Crippen molar-refractivity contribution in [2.24, 2.45) is 0 Å². The first-order valence-corrected chi connectivity index (χ1v) is 8.08. The number of para-hydroxylation sites is 2. The van der Waals surface area contributed by atoms with Gasteiger partial charge in [0, 0.05) is 33.1 Å². The summed E-state index contributed by atoms with van der Waals surface area (Å²) in [6.07, 6.45) is 0. The summed E-state index contributed by atoms with van der Waals surface area (Å²) >= 11 is 0. The Morgan fingerprint density at radius 3 is 2.26 bits per heavy atom. The largest absolute Gasteiger partial charge is 0.456 e. The quantitative estimate of drug-likeness (QED) is 0.356. The smallest absolute Gasteiger partial charge is 0.136 e. The van der Waals surface area contributed by atoms with Gasteiger partial charge in [0.05, 0.1) is 5.52 Å². The summed E-state index contributed by atoms with van der Waals surface area (Å²) in [4.78, 5) is 0. The molecule has 0 amide bonds. The number of rotatable bonds is 1. The highest BCUT2D eigenvalue weighted by Gasteiger charge is 2.15. The predicted octanol–water partition coefficient (Wildman–Crippen LogP) is 6.27. The number of furan rings is 1. The van der Waals surface area contributed by atoms with Gasteiger partial charge in [0.1, 0.15) is 11.2 Å². The molecule has 0 saturated carbocycles. The molecule has 23 heavy (non-hydrogen) atoms. The van der Waals surface area contributed by atoms with Crippen LogP contribution in [0.5, 0.6) is 0 Å². The van der Waals surface area contributed by atoms with Gasteiger partial charge in [0.2, 0.25) is 0 Å². The third-order valence-corrected chi connectivity index (χ3v) is 4.72. The summed E-state index contributed by atoms with van der Waals surface area (Å²) < 4.78 is 8.49. The van der Waals surface area contributed by atoms with E-state index in [1.165, 1.54) is 32.6 Å². The van der Waals surface area contributed by atoms with E-state index in [1.807, 2.05) is 12.1 Å². The Morgan fingerprint density at radius 2 is 1.43 bits per heavy atom. The second kappa shape index (κ2) is 4.39. The Balaban J connectivity index is 2.05. The Hall–Kier alpha value is -2.74. The van der Waals surface area contributed by atoms with E-state index in [-0.39, 0.29) is 0 Å². The van der Waals surface area contributed by atoms with Gasteiger partial charge in [0.25, 0.3) is 0 Å². The molecule has 0 atom stereocenters. The van der Waals surface area contributed by atoms with Gasteiger partial charge in [-0.3, -0.25) is 0 Å². The zero-order valence-electron chi connectivity index (χ0n) is 13.2. The summed E-state index contributed by atoms with van der Waals surface area (Å²) in [7, 11) is 0. The van der Waals surface area contributed by atoms with E-state index in [9.17, 15) is 0 Å². The minimum atomic E-state index is 0.410. The molecule has 0 fully saturated rings. The number of benzene rings is 3. The van der Waals surface area contributed by atoms with E-state index in [1.54, 1.807) is 0 Å². The SMILES string of the molecule is CC(C)n1c2ccccc2c2cc3oc4ccccc4c3cc21. The van der Waals surface area contributed by atoms with Gasteiger partial charge in [-0.05, 0) is 38.1 Å². The Kier molecular flexibility index (Phi) is 2.44. The maximum Gasteiger partial charge on any atom is 0.136 e. The fourth-order valence-electron chi connectivity index (χ4n) is 3.77. The second-order valence-corrected chi connectivity index (χ2v) is 6.44. The van der Waals surface area contributed by atoms with Gasteiger partial charge < -0.3 is 8.98 Å². The minimum absolute atomic E-state index is 0.410. The Morgan fingerprint density at radius 1 is 0.696 bits per heavy atom. The summed E-state index contributed by atoms with van der Waals surface area (Å²) in [5.41, 5.74) is 4.48. The predicted molar refractivity (Wildman–Crippen MR) is 97.1 cm³/mol. The zero-order chi connectivity index (χ0) is 15.6. The number of aromatic nitrogens is 1. The minimum Gasteiger partial charge on any atom is -0.456 e. The number of hydrogen-bond donors (Lipinski definition) is 0. The molecule has 5 aromatic rings. The fraction of sp³-hybridized carbons (Fsp3) is 0.143. The molecule has 0 saturated heterocycles. The summed E-state index contributed by atoms with van der Waals surface area (Å²) in [6, 6.07) is 21.8. The van der Waals surface area contributed by atoms with E-state index in [2.05, 4.69) is 66.9 Å². The van der Waals surface area contributed by atoms with Crippen LogP contribution in [0, 0.1) is 0 Å². The lowest BCUT2D eigenvalue weighted by molar-refractivity contribution is 0.642. The number of hydrogen-bond acceptors (Lipinski definition) is 1. The molecule has 2 aromatic heterocycles. The first-order valence-electron chi connectivity index (χ1n) is 8.08. The van der Waals surface area contributed by atoms with Crippen molar-refractivity contribution in [2.45, 2.75) is 19.9 Å². The van der Waals surface area contributed by atoms with E-state index < -0.39 is 0 Å². The van der Waals surface area contributed by atoms with Crippen molar-refractivity contribution in [3.05, 3.63) is 60.7 Å². The van der Waals surface area contributed by atoms with Crippen LogP contribution < -0.4 is 0 Å². The molecule has 0 N–H and O–H groups in total. The lowest BCUT2D eigenvalue weighted by Crippen LogP contribution is -1.99. The monoisotopic (exact) mass is 299 g/mol. The van der Waals surface area contributed by atoms with Gasteiger partial charge in [-0.1, -0.05) is 36.4 Å². The second-order valence-electron chi connectivity index (χ2n) is 6.44. The fourth-order valence-corrected chi connectivity index (χ4v) is 3.77. The number of nitrogens with zero attached hydrogens (tertiary/aromatic N) is 1. The zero-order valence-corrected chi connectivity index (χ0v) is 13.2. The van der Waals surface area contributed by atoms with E-state index in [0.717, 1.165) is 11.2 Å². The van der Waals surface area contributed by atoms with Crippen LogP contribution >= 0.6 is 0 Å². The van der Waals surface area contributed by atoms with Gasteiger partial charge in [-0.25, -0.2) is 0 Å². The van der Waals surface area contributed by atoms with Crippen LogP contribution in [0.25, 0.3) is 43.7 Å². The highest BCUT2D eigenvalue weighted by atomic mass is 16.3. The average Bonchev–Trinajstić information content (AvgIpc) is 3.08. The maximum atomic E-state index is 6.07. The first-order chi connectivity index (χ1) is 11.2. The molecule has 0 spiro atoms. The molecule has 2 nitrogen and oxygen atoms in total. The van der Waals surface area contributed by atoms with Crippen LogP contribution in [0.15, 0.2) is 65.1 Å². The Bertz CT molecular complexity index is 1190. The molecule has 2 heterocycles. The summed E-state index contributed by atoms with van der Waals surface area (Å²) in [5.74, 6) is 0. The average molecular weight is 299 g/mol. The van der Waals surface area contributed by atoms with Crippen molar-refractivity contribution >= 4 is 43.7 Å². The van der Waals surface area contributed by atoms with Gasteiger partial charge >= 0.3 is 0 Å². The topological polar surface area (TPSA) is 18.1 Å². The molecule has 2 heteroatoms. The highest BCUT2D eigenvalue weighted by molar-refractivity contribution is 6.16. The molecule has 0 aliphatic heterocycles. The molecule has 0 aliphatic carbocycles. The van der Waals surface area contributed by atoms with Crippen LogP contribution in [0.2, 0.25) is 0 Å². The molecular weight excluding hydrogens is 282 g/mol. The van der Waals surface area contributed by atoms with Crippen molar-refractivity contribution in [2.75, 3.05) is 0 Å². The molecule has 3 aromatic carbocycles. The van der Waals surface area contributed by atoms with Crippen molar-refractivity contribution in [1.82, 2.24) is 4.57 Å². The van der Waals surface area contributed by atoms with Crippen molar-refractivity contribution in [1.29, 1.82) is 0 Å². The third kappa shape index (κ3) is 1.63. The highest BCUT2D eigenvalue weighted by Crippen LogP contribution is 2.37. The lowest BCUT2D eigenvalue weighted by Gasteiger charge is -2.11. The number of fused-ring (bicyclic) bond motifs is 6. The third-order valence-electron chi connectivity index (χ3n) is 4.72. The Labute approximate surface area is 133 Å². The maximum absolute atomic E-state index is 6.07. The summed E-state index contributed by atoms with van der Waals surface area (Å²) in [6.45, 7) is 4.48. The molecule has 112 valence electrons. The van der Waals surface area contributed by atoms with E-state index in [4.69, 9.17) is 4.42 Å². The standard InChI is InChI=1S/C21H17NO/c1-13(2)22-18-9-5-3-7-14(18)16-12-21-17(11-19(16)22)15-8-4-6-10-20(15)23-21/h3-13H,1-2H3. The van der Waals surface area contributed by atoms with Crippen molar-refractivity contribution in [3.63, 3.8) is 0 Å². The van der Waals surface area contributed by atoms with Crippen LogP contribution in [-0.4, -0.2) is 4.57 Å². The van der Waals surface area contributed by atoms with Crippen LogP contribution in [-0.2, 0) is 0 Å².